The van der Waals surface area contributed by atoms with Crippen molar-refractivity contribution in [3.8, 4) is 5.75 Å². The number of hydrogen-bond acceptors (Lipinski definition) is 2. The van der Waals surface area contributed by atoms with E-state index in [9.17, 15) is 9.18 Å². The minimum absolute atomic E-state index is 0.0259. The molecule has 0 unspecified atom stereocenters. The van der Waals surface area contributed by atoms with E-state index in [2.05, 4.69) is 0 Å². The minimum Gasteiger partial charge on any atom is -0.489 e. The number of carbonyl (C=O) groups is 1. The third-order valence-electron chi connectivity index (χ3n) is 4.35. The van der Waals surface area contributed by atoms with Crippen LogP contribution < -0.4 is 4.74 Å². The molecule has 0 radical (unpaired) electrons. The number of halogens is 1. The number of ether oxygens (including phenoxy) is 1. The Morgan fingerprint density at radius 3 is 2.62 bits per heavy atom. The van der Waals surface area contributed by atoms with E-state index in [4.69, 9.17) is 9.84 Å². The van der Waals surface area contributed by atoms with Gasteiger partial charge in [0.1, 0.15) is 18.2 Å². The smallest absolute Gasteiger partial charge is 0.303 e. The number of carboxylic acid groups (broad SMARTS) is 1. The van der Waals surface area contributed by atoms with Crippen molar-refractivity contribution in [3.63, 3.8) is 0 Å². The van der Waals surface area contributed by atoms with Gasteiger partial charge in [0, 0.05) is 6.07 Å². The van der Waals surface area contributed by atoms with E-state index in [0.717, 1.165) is 24.8 Å². The highest BCUT2D eigenvalue weighted by atomic mass is 19.1. The molecular formula is C20H21FO3. The monoisotopic (exact) mass is 328 g/mol. The molecule has 3 rings (SSSR count). The van der Waals surface area contributed by atoms with E-state index in [0.29, 0.717) is 23.8 Å². The second-order valence-electron chi connectivity index (χ2n) is 6.47. The van der Waals surface area contributed by atoms with Crippen LogP contribution in [0.5, 0.6) is 5.75 Å². The van der Waals surface area contributed by atoms with Gasteiger partial charge in [-0.25, -0.2) is 4.39 Å². The van der Waals surface area contributed by atoms with E-state index in [-0.39, 0.29) is 18.2 Å². The lowest BCUT2D eigenvalue weighted by atomic mass is 9.90. The molecular weight excluding hydrogens is 307 g/mol. The van der Waals surface area contributed by atoms with Crippen LogP contribution in [0.1, 0.15) is 42.7 Å². The van der Waals surface area contributed by atoms with Gasteiger partial charge in [-0.15, -0.1) is 0 Å². The lowest BCUT2D eigenvalue weighted by molar-refractivity contribution is -0.137. The van der Waals surface area contributed by atoms with Crippen molar-refractivity contribution >= 4 is 5.97 Å². The van der Waals surface area contributed by atoms with Crippen LogP contribution in [0.25, 0.3) is 0 Å². The molecule has 0 bridgehead atoms. The topological polar surface area (TPSA) is 46.5 Å². The van der Waals surface area contributed by atoms with Crippen molar-refractivity contribution in [3.05, 3.63) is 65.5 Å². The van der Waals surface area contributed by atoms with Gasteiger partial charge in [-0.1, -0.05) is 43.2 Å². The molecule has 1 saturated carbocycles. The summed E-state index contributed by atoms with van der Waals surface area (Å²) < 4.78 is 19.7. The van der Waals surface area contributed by atoms with Crippen molar-refractivity contribution in [2.75, 3.05) is 0 Å². The van der Waals surface area contributed by atoms with Crippen molar-refractivity contribution in [2.24, 2.45) is 5.92 Å². The Morgan fingerprint density at radius 2 is 1.96 bits per heavy atom. The third kappa shape index (κ3) is 4.82. The summed E-state index contributed by atoms with van der Waals surface area (Å²) in [5.41, 5.74) is 1.72. The Hall–Kier alpha value is -2.36. The average molecular weight is 328 g/mol. The maximum atomic E-state index is 14.0. The summed E-state index contributed by atoms with van der Waals surface area (Å²) in [6.45, 7) is 0.357. The van der Waals surface area contributed by atoms with Gasteiger partial charge in [-0.3, -0.25) is 4.79 Å². The summed E-state index contributed by atoms with van der Waals surface area (Å²) in [6, 6.07) is 14.2. The van der Waals surface area contributed by atoms with Crippen LogP contribution >= 0.6 is 0 Å². The molecule has 24 heavy (non-hydrogen) atoms. The Kier molecular flexibility index (Phi) is 5.14. The zero-order valence-electron chi connectivity index (χ0n) is 13.5. The first kappa shape index (κ1) is 16.5. The second kappa shape index (κ2) is 7.47. The molecule has 126 valence electrons. The van der Waals surface area contributed by atoms with E-state index in [1.807, 2.05) is 30.3 Å². The molecule has 3 nitrogen and oxygen atoms in total. The van der Waals surface area contributed by atoms with Gasteiger partial charge in [-0.2, -0.15) is 0 Å². The third-order valence-corrected chi connectivity index (χ3v) is 4.35. The zero-order valence-corrected chi connectivity index (χ0v) is 13.5. The van der Waals surface area contributed by atoms with Gasteiger partial charge in [0.15, 0.2) is 0 Å². The molecule has 1 aliphatic rings. The van der Waals surface area contributed by atoms with Crippen molar-refractivity contribution < 1.29 is 19.0 Å². The predicted molar refractivity (Wildman–Crippen MR) is 89.5 cm³/mol. The summed E-state index contributed by atoms with van der Waals surface area (Å²) >= 11 is 0. The molecule has 0 aliphatic heterocycles. The van der Waals surface area contributed by atoms with E-state index in [1.54, 1.807) is 6.07 Å². The fourth-order valence-electron chi connectivity index (χ4n) is 2.95. The van der Waals surface area contributed by atoms with Gasteiger partial charge in [0.25, 0.3) is 0 Å². The van der Waals surface area contributed by atoms with E-state index >= 15 is 0 Å². The van der Waals surface area contributed by atoms with Crippen LogP contribution in [0.2, 0.25) is 0 Å². The molecule has 0 heterocycles. The van der Waals surface area contributed by atoms with Crippen LogP contribution in [0, 0.1) is 11.7 Å². The average Bonchev–Trinajstić information content (AvgIpc) is 3.36. The van der Waals surface area contributed by atoms with Crippen LogP contribution in [0.15, 0.2) is 48.5 Å². The van der Waals surface area contributed by atoms with Gasteiger partial charge in [0.2, 0.25) is 0 Å². The minimum atomic E-state index is -0.850. The van der Waals surface area contributed by atoms with Crippen molar-refractivity contribution in [2.45, 2.75) is 38.2 Å². The molecule has 1 fully saturated rings. The highest BCUT2D eigenvalue weighted by Crippen LogP contribution is 2.40. The largest absolute Gasteiger partial charge is 0.489 e. The molecule has 0 spiro atoms. The summed E-state index contributed by atoms with van der Waals surface area (Å²) in [4.78, 5) is 11.1. The first-order valence-electron chi connectivity index (χ1n) is 8.29. The lowest BCUT2D eigenvalue weighted by Gasteiger charge is -2.17. The van der Waals surface area contributed by atoms with Crippen molar-refractivity contribution in [1.29, 1.82) is 0 Å². The summed E-state index contributed by atoms with van der Waals surface area (Å²) in [5, 5.41) is 9.14. The highest BCUT2D eigenvalue weighted by Gasteiger charge is 2.28. The first-order valence-corrected chi connectivity index (χ1v) is 8.29. The maximum Gasteiger partial charge on any atom is 0.303 e. The van der Waals surface area contributed by atoms with Crippen LogP contribution in [0.4, 0.5) is 4.39 Å². The molecule has 0 amide bonds. The first-order chi connectivity index (χ1) is 11.6. The molecule has 2 aromatic carbocycles. The summed E-state index contributed by atoms with van der Waals surface area (Å²) in [5.74, 6) is -0.380. The number of carboxylic acids is 1. The number of benzene rings is 2. The number of hydrogen-bond donors (Lipinski definition) is 1. The highest BCUT2D eigenvalue weighted by molar-refractivity contribution is 5.68. The van der Waals surface area contributed by atoms with Gasteiger partial charge in [0.05, 0.1) is 6.42 Å². The Balaban J connectivity index is 1.74. The number of aliphatic carboxylic acids is 1. The molecule has 1 N–H and O–H groups in total. The summed E-state index contributed by atoms with van der Waals surface area (Å²) in [7, 11) is 0. The molecule has 1 aliphatic carbocycles. The maximum absolute atomic E-state index is 14.0. The zero-order chi connectivity index (χ0) is 16.9. The fraction of sp³-hybridized carbons (Fsp3) is 0.350. The standard InChI is InChI=1S/C20H21FO3/c21-18-9-17(16(11-20(22)23)8-14-6-7-14)10-19(12-18)24-13-15-4-2-1-3-5-15/h1-5,9-10,12,14,16H,6-8,11,13H2,(H,22,23)/t16-/m1/s1. The summed E-state index contributed by atoms with van der Waals surface area (Å²) in [6.07, 6.45) is 3.11. The normalized spacial score (nSPS) is 15.0. The van der Waals surface area contributed by atoms with Gasteiger partial charge in [-0.05, 0) is 41.5 Å². The van der Waals surface area contributed by atoms with Gasteiger partial charge >= 0.3 is 5.97 Å². The molecule has 4 heteroatoms. The van der Waals surface area contributed by atoms with Crippen LogP contribution in [-0.4, -0.2) is 11.1 Å². The SMILES string of the molecule is O=C(O)C[C@@H](CC1CC1)c1cc(F)cc(OCc2ccccc2)c1. The Bertz CT molecular complexity index is 695. The Morgan fingerprint density at radius 1 is 1.21 bits per heavy atom. The van der Waals surface area contributed by atoms with Crippen LogP contribution in [0.3, 0.4) is 0 Å². The lowest BCUT2D eigenvalue weighted by Crippen LogP contribution is -2.08. The fourth-order valence-corrected chi connectivity index (χ4v) is 2.95. The quantitative estimate of drug-likeness (QED) is 0.760. The molecule has 0 aromatic heterocycles. The van der Waals surface area contributed by atoms with Crippen LogP contribution in [-0.2, 0) is 11.4 Å². The van der Waals surface area contributed by atoms with Gasteiger partial charge < -0.3 is 9.84 Å². The van der Waals surface area contributed by atoms with E-state index in [1.165, 1.54) is 12.1 Å². The van der Waals surface area contributed by atoms with Crippen molar-refractivity contribution in [1.82, 2.24) is 0 Å². The Labute approximate surface area is 141 Å². The predicted octanol–water partition coefficient (Wildman–Crippen LogP) is 4.76. The molecule has 2 aromatic rings. The van der Waals surface area contributed by atoms with E-state index < -0.39 is 5.97 Å². The number of rotatable bonds is 8. The molecule has 1 atom stereocenters. The molecule has 0 saturated heterocycles. The second-order valence-corrected chi connectivity index (χ2v) is 6.47.